The summed E-state index contributed by atoms with van der Waals surface area (Å²) in [4.78, 5) is 38.2. The van der Waals surface area contributed by atoms with Crippen molar-refractivity contribution >= 4 is 23.5 Å². The van der Waals surface area contributed by atoms with Crippen LogP contribution in [0.25, 0.3) is 0 Å². The molecule has 1 atom stereocenters. The fraction of sp³-hybridized carbons (Fsp3) is 0.348. The van der Waals surface area contributed by atoms with Gasteiger partial charge >= 0.3 is 5.97 Å². The zero-order chi connectivity index (χ0) is 21.5. The van der Waals surface area contributed by atoms with Crippen LogP contribution in [0.2, 0.25) is 0 Å². The molecule has 3 rings (SSSR count). The van der Waals surface area contributed by atoms with Gasteiger partial charge in [0.2, 0.25) is 5.91 Å². The van der Waals surface area contributed by atoms with E-state index < -0.39 is 11.9 Å². The number of nitrogens with zero attached hydrogens (tertiary/aromatic N) is 1. The highest BCUT2D eigenvalue weighted by atomic mass is 16.5. The Kier molecular flexibility index (Phi) is 7.06. The summed E-state index contributed by atoms with van der Waals surface area (Å²) < 4.78 is 10.7. The predicted molar refractivity (Wildman–Crippen MR) is 112 cm³/mol. The van der Waals surface area contributed by atoms with E-state index in [2.05, 4.69) is 5.32 Å². The fourth-order valence-corrected chi connectivity index (χ4v) is 3.19. The molecule has 7 heteroatoms. The quantitative estimate of drug-likeness (QED) is 0.677. The molecular formula is C23H26N2O5. The average molecular weight is 410 g/mol. The molecule has 2 aromatic carbocycles. The number of amides is 2. The first-order chi connectivity index (χ1) is 14.4. The number of benzene rings is 2. The van der Waals surface area contributed by atoms with Crippen LogP contribution >= 0.6 is 0 Å². The fourth-order valence-electron chi connectivity index (χ4n) is 3.19. The largest absolute Gasteiger partial charge is 0.491 e. The standard InChI is InChI=1S/C23H26N2O5/c1-16(2)30-20-10-8-19(9-11-20)25-14-18(12-22(25)27)23(28)29-15-21(26)24-13-17-6-4-3-5-7-17/h3-11,16,18H,12-15H2,1-2H3,(H,24,26)/t18-/m1/s1. The van der Waals surface area contributed by atoms with E-state index in [1.54, 1.807) is 29.2 Å². The molecule has 1 aliphatic rings. The van der Waals surface area contributed by atoms with Crippen molar-refractivity contribution in [2.45, 2.75) is 32.9 Å². The SMILES string of the molecule is CC(C)Oc1ccc(N2C[C@H](C(=O)OCC(=O)NCc3ccccc3)CC2=O)cc1. The highest BCUT2D eigenvalue weighted by Crippen LogP contribution is 2.27. The minimum atomic E-state index is -0.592. The normalized spacial score (nSPS) is 15.9. The Labute approximate surface area is 176 Å². The van der Waals surface area contributed by atoms with E-state index in [0.29, 0.717) is 12.2 Å². The zero-order valence-corrected chi connectivity index (χ0v) is 17.2. The molecule has 0 unspecified atom stereocenters. The second kappa shape index (κ2) is 9.91. The van der Waals surface area contributed by atoms with E-state index >= 15 is 0 Å². The van der Waals surface area contributed by atoms with Crippen LogP contribution in [0.5, 0.6) is 5.75 Å². The third-order valence-corrected chi connectivity index (χ3v) is 4.66. The van der Waals surface area contributed by atoms with Gasteiger partial charge in [-0.25, -0.2) is 0 Å². The second-order valence-electron chi connectivity index (χ2n) is 7.44. The maximum Gasteiger partial charge on any atom is 0.311 e. The van der Waals surface area contributed by atoms with Gasteiger partial charge in [0.15, 0.2) is 6.61 Å². The maximum atomic E-state index is 12.4. The van der Waals surface area contributed by atoms with Crippen LogP contribution < -0.4 is 15.0 Å². The van der Waals surface area contributed by atoms with Crippen LogP contribution in [0.1, 0.15) is 25.8 Å². The van der Waals surface area contributed by atoms with Crippen molar-refractivity contribution in [1.82, 2.24) is 5.32 Å². The summed E-state index contributed by atoms with van der Waals surface area (Å²) in [5, 5.41) is 2.70. The number of hydrogen-bond acceptors (Lipinski definition) is 5. The number of rotatable bonds is 8. The first-order valence-corrected chi connectivity index (χ1v) is 9.96. The van der Waals surface area contributed by atoms with Crippen molar-refractivity contribution in [2.75, 3.05) is 18.1 Å². The van der Waals surface area contributed by atoms with Gasteiger partial charge < -0.3 is 19.7 Å². The lowest BCUT2D eigenvalue weighted by molar-refractivity contribution is -0.152. The first kappa shape index (κ1) is 21.4. The summed E-state index contributed by atoms with van der Waals surface area (Å²) in [5.74, 6) is -0.943. The van der Waals surface area contributed by atoms with Gasteiger partial charge in [-0.3, -0.25) is 14.4 Å². The highest BCUT2D eigenvalue weighted by Gasteiger charge is 2.36. The molecule has 1 saturated heterocycles. The van der Waals surface area contributed by atoms with Crippen LogP contribution in [-0.2, 0) is 25.7 Å². The second-order valence-corrected chi connectivity index (χ2v) is 7.44. The van der Waals surface area contributed by atoms with Gasteiger partial charge in [-0.2, -0.15) is 0 Å². The van der Waals surface area contributed by atoms with Gasteiger partial charge in [-0.05, 0) is 43.7 Å². The molecule has 2 aromatic rings. The molecule has 0 bridgehead atoms. The predicted octanol–water partition coefficient (Wildman–Crippen LogP) is 2.69. The van der Waals surface area contributed by atoms with Gasteiger partial charge in [-0.15, -0.1) is 0 Å². The summed E-state index contributed by atoms with van der Waals surface area (Å²) >= 11 is 0. The molecule has 1 fully saturated rings. The third-order valence-electron chi connectivity index (χ3n) is 4.66. The minimum absolute atomic E-state index is 0.0633. The summed E-state index contributed by atoms with van der Waals surface area (Å²) in [5.41, 5.74) is 1.66. The number of anilines is 1. The number of carbonyl (C=O) groups excluding carboxylic acids is 3. The summed E-state index contributed by atoms with van der Waals surface area (Å²) in [6.07, 6.45) is 0.127. The molecule has 2 amide bonds. The van der Waals surface area contributed by atoms with Gasteiger partial charge in [0.05, 0.1) is 12.0 Å². The molecule has 0 saturated carbocycles. The molecule has 1 aliphatic heterocycles. The van der Waals surface area contributed by atoms with Crippen molar-refractivity contribution in [2.24, 2.45) is 5.92 Å². The summed E-state index contributed by atoms with van der Waals surface area (Å²) in [7, 11) is 0. The van der Waals surface area contributed by atoms with Crippen molar-refractivity contribution in [3.8, 4) is 5.75 Å². The molecule has 0 aromatic heterocycles. The van der Waals surface area contributed by atoms with Crippen LogP contribution in [0.15, 0.2) is 54.6 Å². The van der Waals surface area contributed by atoms with E-state index in [4.69, 9.17) is 9.47 Å². The van der Waals surface area contributed by atoms with Crippen LogP contribution in [-0.4, -0.2) is 37.0 Å². The average Bonchev–Trinajstić information content (AvgIpc) is 3.13. The minimum Gasteiger partial charge on any atom is -0.491 e. The van der Waals surface area contributed by atoms with Crippen LogP contribution in [0.3, 0.4) is 0 Å². The Hall–Kier alpha value is -3.35. The number of carbonyl (C=O) groups is 3. The Morgan fingerprint density at radius 3 is 2.47 bits per heavy atom. The smallest absolute Gasteiger partial charge is 0.311 e. The van der Waals surface area contributed by atoms with Crippen LogP contribution in [0.4, 0.5) is 5.69 Å². The Bertz CT molecular complexity index is 880. The van der Waals surface area contributed by atoms with Crippen molar-refractivity contribution in [3.63, 3.8) is 0 Å². The summed E-state index contributed by atoms with van der Waals surface area (Å²) in [6.45, 7) is 4.11. The van der Waals surface area contributed by atoms with E-state index in [0.717, 1.165) is 11.3 Å². The van der Waals surface area contributed by atoms with Crippen molar-refractivity contribution < 1.29 is 23.9 Å². The first-order valence-electron chi connectivity index (χ1n) is 9.96. The van der Waals surface area contributed by atoms with E-state index in [9.17, 15) is 14.4 Å². The topological polar surface area (TPSA) is 84.9 Å². The Morgan fingerprint density at radius 1 is 1.10 bits per heavy atom. The van der Waals surface area contributed by atoms with E-state index in [1.807, 2.05) is 44.2 Å². The lowest BCUT2D eigenvalue weighted by Crippen LogP contribution is -2.31. The highest BCUT2D eigenvalue weighted by molar-refractivity contribution is 5.99. The molecule has 0 aliphatic carbocycles. The Balaban J connectivity index is 1.47. The zero-order valence-electron chi connectivity index (χ0n) is 17.2. The van der Waals surface area contributed by atoms with Crippen molar-refractivity contribution in [3.05, 3.63) is 60.2 Å². The molecule has 0 spiro atoms. The van der Waals surface area contributed by atoms with Gasteiger partial charge in [0.25, 0.3) is 5.91 Å². The van der Waals surface area contributed by atoms with Crippen molar-refractivity contribution in [1.29, 1.82) is 0 Å². The number of hydrogen-bond donors (Lipinski definition) is 1. The molecular weight excluding hydrogens is 384 g/mol. The molecule has 0 radical (unpaired) electrons. The molecule has 158 valence electrons. The monoisotopic (exact) mass is 410 g/mol. The lowest BCUT2D eigenvalue weighted by Gasteiger charge is -2.17. The Morgan fingerprint density at radius 2 is 1.80 bits per heavy atom. The molecule has 7 nitrogen and oxygen atoms in total. The third kappa shape index (κ3) is 5.83. The number of ether oxygens (including phenoxy) is 2. The molecule has 1 heterocycles. The lowest BCUT2D eigenvalue weighted by atomic mass is 10.1. The molecule has 30 heavy (non-hydrogen) atoms. The molecule has 1 N–H and O–H groups in total. The van der Waals surface area contributed by atoms with E-state index in [-0.39, 0.29) is 37.5 Å². The van der Waals surface area contributed by atoms with Gasteiger partial charge in [0, 0.05) is 25.2 Å². The van der Waals surface area contributed by atoms with Gasteiger partial charge in [-0.1, -0.05) is 30.3 Å². The summed E-state index contributed by atoms with van der Waals surface area (Å²) in [6, 6.07) is 16.6. The number of nitrogens with one attached hydrogen (secondary N) is 1. The van der Waals surface area contributed by atoms with Gasteiger partial charge in [0.1, 0.15) is 5.75 Å². The van der Waals surface area contributed by atoms with Crippen LogP contribution in [0, 0.1) is 5.92 Å². The number of esters is 1. The van der Waals surface area contributed by atoms with E-state index in [1.165, 1.54) is 0 Å². The maximum absolute atomic E-state index is 12.4.